The number of anilines is 1. The first kappa shape index (κ1) is 11.1. The Labute approximate surface area is 97.6 Å². The normalized spacial score (nSPS) is 9.94. The molecule has 0 amide bonds. The van der Waals surface area contributed by atoms with Crippen LogP contribution in [0, 0.1) is 0 Å². The number of aromatic nitrogens is 2. The number of methoxy groups -OCH3 is 1. The molecule has 0 radical (unpaired) electrons. The van der Waals surface area contributed by atoms with Crippen LogP contribution >= 0.6 is 0 Å². The number of ether oxygens (including phenoxy) is 1. The zero-order chi connectivity index (χ0) is 12.1. The van der Waals surface area contributed by atoms with Crippen LogP contribution in [0.5, 0.6) is 0 Å². The average Bonchev–Trinajstić information content (AvgIpc) is 2.85. The van der Waals surface area contributed by atoms with Crippen molar-refractivity contribution in [1.82, 2.24) is 9.97 Å². The third-order valence-corrected chi connectivity index (χ3v) is 2.08. The molecule has 17 heavy (non-hydrogen) atoms. The SMILES string of the molecule is COC(=O)c1ccc(CNc2cncnc2)o1. The fraction of sp³-hybridized carbons (Fsp3) is 0.182. The van der Waals surface area contributed by atoms with Gasteiger partial charge in [-0.2, -0.15) is 0 Å². The van der Waals surface area contributed by atoms with Gasteiger partial charge in [0.05, 0.1) is 31.7 Å². The van der Waals surface area contributed by atoms with Crippen LogP contribution in [0.3, 0.4) is 0 Å². The molecule has 0 aliphatic heterocycles. The van der Waals surface area contributed by atoms with Gasteiger partial charge in [-0.15, -0.1) is 0 Å². The fourth-order valence-corrected chi connectivity index (χ4v) is 1.26. The van der Waals surface area contributed by atoms with Gasteiger partial charge in [0.2, 0.25) is 5.76 Å². The molecule has 6 nitrogen and oxygen atoms in total. The van der Waals surface area contributed by atoms with Crippen molar-refractivity contribution in [3.05, 3.63) is 42.4 Å². The molecule has 0 fully saturated rings. The van der Waals surface area contributed by atoms with Crippen molar-refractivity contribution < 1.29 is 13.9 Å². The van der Waals surface area contributed by atoms with Gasteiger partial charge in [-0.05, 0) is 12.1 Å². The number of nitrogens with zero attached hydrogens (tertiary/aromatic N) is 2. The summed E-state index contributed by atoms with van der Waals surface area (Å²) in [5, 5.41) is 3.06. The van der Waals surface area contributed by atoms with Crippen molar-refractivity contribution in [2.75, 3.05) is 12.4 Å². The highest BCUT2D eigenvalue weighted by Crippen LogP contribution is 2.11. The molecule has 2 heterocycles. The van der Waals surface area contributed by atoms with Gasteiger partial charge in [0.25, 0.3) is 0 Å². The zero-order valence-corrected chi connectivity index (χ0v) is 9.21. The number of rotatable bonds is 4. The number of nitrogens with one attached hydrogen (secondary N) is 1. The highest BCUT2D eigenvalue weighted by Gasteiger charge is 2.10. The average molecular weight is 233 g/mol. The molecule has 0 saturated heterocycles. The monoisotopic (exact) mass is 233 g/mol. The summed E-state index contributed by atoms with van der Waals surface area (Å²) in [5.41, 5.74) is 0.781. The number of hydrogen-bond donors (Lipinski definition) is 1. The quantitative estimate of drug-likeness (QED) is 0.806. The number of esters is 1. The van der Waals surface area contributed by atoms with Crippen molar-refractivity contribution in [1.29, 1.82) is 0 Å². The summed E-state index contributed by atoms with van der Waals surface area (Å²) >= 11 is 0. The van der Waals surface area contributed by atoms with E-state index in [4.69, 9.17) is 4.42 Å². The Bertz CT molecular complexity index is 496. The molecular weight excluding hydrogens is 222 g/mol. The van der Waals surface area contributed by atoms with Crippen LogP contribution in [0.15, 0.2) is 35.3 Å². The minimum absolute atomic E-state index is 0.189. The molecule has 0 spiro atoms. The van der Waals surface area contributed by atoms with Gasteiger partial charge >= 0.3 is 5.97 Å². The molecule has 0 bridgehead atoms. The van der Waals surface area contributed by atoms with E-state index in [0.717, 1.165) is 5.69 Å². The summed E-state index contributed by atoms with van der Waals surface area (Å²) in [6, 6.07) is 3.29. The second-order valence-corrected chi connectivity index (χ2v) is 3.24. The summed E-state index contributed by atoms with van der Waals surface area (Å²) in [5.74, 6) is 0.335. The minimum atomic E-state index is -0.487. The van der Waals surface area contributed by atoms with E-state index < -0.39 is 5.97 Å². The maximum absolute atomic E-state index is 11.1. The lowest BCUT2D eigenvalue weighted by Crippen LogP contribution is -2.00. The molecule has 0 aliphatic carbocycles. The van der Waals surface area contributed by atoms with E-state index in [-0.39, 0.29) is 5.76 Å². The van der Waals surface area contributed by atoms with Gasteiger partial charge in [0.15, 0.2) is 0 Å². The van der Waals surface area contributed by atoms with E-state index in [1.165, 1.54) is 13.4 Å². The first-order valence-corrected chi connectivity index (χ1v) is 4.95. The van der Waals surface area contributed by atoms with Crippen LogP contribution < -0.4 is 5.32 Å². The smallest absolute Gasteiger partial charge is 0.373 e. The summed E-state index contributed by atoms with van der Waals surface area (Å²) in [6.45, 7) is 0.449. The van der Waals surface area contributed by atoms with Crippen LogP contribution in [0.1, 0.15) is 16.3 Å². The lowest BCUT2D eigenvalue weighted by molar-refractivity contribution is 0.0563. The largest absolute Gasteiger partial charge is 0.463 e. The van der Waals surface area contributed by atoms with E-state index in [1.807, 2.05) is 0 Å². The molecule has 0 saturated carbocycles. The first-order valence-electron chi connectivity index (χ1n) is 4.95. The van der Waals surface area contributed by atoms with E-state index in [9.17, 15) is 4.79 Å². The molecule has 1 N–H and O–H groups in total. The summed E-state index contributed by atoms with van der Waals surface area (Å²) in [7, 11) is 1.31. The topological polar surface area (TPSA) is 77.2 Å². The van der Waals surface area contributed by atoms with E-state index in [0.29, 0.717) is 12.3 Å². The van der Waals surface area contributed by atoms with Crippen LogP contribution in [0.25, 0.3) is 0 Å². The molecule has 88 valence electrons. The molecule has 0 aliphatic rings. The summed E-state index contributed by atoms with van der Waals surface area (Å²) in [6.07, 6.45) is 4.75. The lowest BCUT2D eigenvalue weighted by Gasteiger charge is -2.01. The Morgan fingerprint density at radius 2 is 2.18 bits per heavy atom. The van der Waals surface area contributed by atoms with E-state index in [1.54, 1.807) is 24.5 Å². The molecule has 6 heteroatoms. The highest BCUT2D eigenvalue weighted by atomic mass is 16.5. The Hall–Kier alpha value is -2.37. The molecule has 2 aromatic heterocycles. The number of carbonyl (C=O) groups is 1. The van der Waals surface area contributed by atoms with Crippen molar-refractivity contribution in [2.45, 2.75) is 6.54 Å². The summed E-state index contributed by atoms with van der Waals surface area (Å²) in [4.78, 5) is 18.9. The Kier molecular flexibility index (Phi) is 3.34. The molecule has 0 unspecified atom stereocenters. The highest BCUT2D eigenvalue weighted by molar-refractivity contribution is 5.86. The number of hydrogen-bond acceptors (Lipinski definition) is 6. The molecule has 0 atom stereocenters. The van der Waals surface area contributed by atoms with E-state index in [2.05, 4.69) is 20.0 Å². The van der Waals surface area contributed by atoms with Crippen molar-refractivity contribution in [3.63, 3.8) is 0 Å². The maximum Gasteiger partial charge on any atom is 0.373 e. The third-order valence-electron chi connectivity index (χ3n) is 2.08. The van der Waals surface area contributed by atoms with Crippen molar-refractivity contribution in [3.8, 4) is 0 Å². The second-order valence-electron chi connectivity index (χ2n) is 3.24. The van der Waals surface area contributed by atoms with Gasteiger partial charge in [-0.25, -0.2) is 14.8 Å². The number of furan rings is 1. The van der Waals surface area contributed by atoms with Crippen LogP contribution in [0.4, 0.5) is 5.69 Å². The predicted octanol–water partition coefficient (Wildman–Crippen LogP) is 1.47. The van der Waals surface area contributed by atoms with Crippen LogP contribution in [-0.4, -0.2) is 23.0 Å². The van der Waals surface area contributed by atoms with Gasteiger partial charge in [-0.1, -0.05) is 0 Å². The van der Waals surface area contributed by atoms with Crippen LogP contribution in [-0.2, 0) is 11.3 Å². The second kappa shape index (κ2) is 5.11. The molecular formula is C11H11N3O3. The zero-order valence-electron chi connectivity index (χ0n) is 9.21. The lowest BCUT2D eigenvalue weighted by atomic mass is 10.4. The van der Waals surface area contributed by atoms with Crippen LogP contribution in [0.2, 0.25) is 0 Å². The van der Waals surface area contributed by atoms with Gasteiger partial charge in [0, 0.05) is 0 Å². The fourth-order valence-electron chi connectivity index (χ4n) is 1.26. The standard InChI is InChI=1S/C11H11N3O3/c1-16-11(15)10-3-2-9(17-10)6-14-8-4-12-7-13-5-8/h2-5,7,14H,6H2,1H3. The third kappa shape index (κ3) is 2.81. The van der Waals surface area contributed by atoms with Gasteiger partial charge < -0.3 is 14.5 Å². The summed E-state index contributed by atoms with van der Waals surface area (Å²) < 4.78 is 9.82. The molecule has 2 rings (SSSR count). The maximum atomic E-state index is 11.1. The molecule has 2 aromatic rings. The van der Waals surface area contributed by atoms with Gasteiger partial charge in [-0.3, -0.25) is 0 Å². The van der Waals surface area contributed by atoms with Crippen molar-refractivity contribution in [2.24, 2.45) is 0 Å². The number of carbonyl (C=O) groups excluding carboxylic acids is 1. The minimum Gasteiger partial charge on any atom is -0.463 e. The van der Waals surface area contributed by atoms with Crippen molar-refractivity contribution >= 4 is 11.7 Å². The Balaban J connectivity index is 1.96. The first-order chi connectivity index (χ1) is 8.29. The van der Waals surface area contributed by atoms with E-state index >= 15 is 0 Å². The Morgan fingerprint density at radius 1 is 1.41 bits per heavy atom. The van der Waals surface area contributed by atoms with Gasteiger partial charge in [0.1, 0.15) is 12.1 Å². The predicted molar refractivity (Wildman–Crippen MR) is 59.4 cm³/mol. The molecule has 0 aromatic carbocycles. The Morgan fingerprint density at radius 3 is 2.88 bits per heavy atom.